The van der Waals surface area contributed by atoms with Crippen LogP contribution in [-0.2, 0) is 0 Å². The Hall–Kier alpha value is -3.74. The van der Waals surface area contributed by atoms with Gasteiger partial charge in [0.25, 0.3) is 11.8 Å². The van der Waals surface area contributed by atoms with Gasteiger partial charge in [0.1, 0.15) is 0 Å². The molecule has 1 heterocycles. The van der Waals surface area contributed by atoms with Crippen LogP contribution < -0.4 is 16.4 Å². The standard InChI is InChI=1S/C20H19N5O2/c1-12-6-8-15(9-7-12)24-19(26)14-5-3-4-13(10-14)16-11-23-18(21)17(25-16)20(27)22-2/h3-11H,1-2H3,(H2,21,23)(H,22,27)(H,24,26). The molecular weight excluding hydrogens is 342 g/mol. The number of carbonyl (C=O) groups excluding carboxylic acids is 2. The molecular formula is C20H19N5O2. The second-order valence-electron chi connectivity index (χ2n) is 5.97. The number of hydrogen-bond acceptors (Lipinski definition) is 5. The Morgan fingerprint density at radius 1 is 1.04 bits per heavy atom. The summed E-state index contributed by atoms with van der Waals surface area (Å²) < 4.78 is 0. The van der Waals surface area contributed by atoms with Crippen LogP contribution in [0.4, 0.5) is 11.5 Å². The number of aryl methyl sites for hydroxylation is 1. The van der Waals surface area contributed by atoms with Gasteiger partial charge in [-0.2, -0.15) is 0 Å². The zero-order chi connectivity index (χ0) is 19.4. The smallest absolute Gasteiger partial charge is 0.273 e. The Balaban J connectivity index is 1.88. The predicted molar refractivity (Wildman–Crippen MR) is 104 cm³/mol. The number of benzene rings is 2. The van der Waals surface area contributed by atoms with Gasteiger partial charge in [-0.15, -0.1) is 0 Å². The maximum Gasteiger partial charge on any atom is 0.273 e. The van der Waals surface area contributed by atoms with Crippen molar-refractivity contribution < 1.29 is 9.59 Å². The van der Waals surface area contributed by atoms with E-state index in [2.05, 4.69) is 20.6 Å². The second-order valence-corrected chi connectivity index (χ2v) is 5.97. The van der Waals surface area contributed by atoms with E-state index in [0.717, 1.165) is 5.56 Å². The van der Waals surface area contributed by atoms with Crippen molar-refractivity contribution in [2.45, 2.75) is 6.92 Å². The van der Waals surface area contributed by atoms with Gasteiger partial charge in [-0.1, -0.05) is 29.8 Å². The highest BCUT2D eigenvalue weighted by molar-refractivity contribution is 6.05. The molecule has 2 amide bonds. The summed E-state index contributed by atoms with van der Waals surface area (Å²) in [7, 11) is 1.49. The monoisotopic (exact) mass is 361 g/mol. The van der Waals surface area contributed by atoms with Gasteiger partial charge < -0.3 is 16.4 Å². The van der Waals surface area contributed by atoms with Gasteiger partial charge in [0.2, 0.25) is 0 Å². The van der Waals surface area contributed by atoms with Crippen LogP contribution in [-0.4, -0.2) is 28.8 Å². The first-order chi connectivity index (χ1) is 13.0. The number of hydrogen-bond donors (Lipinski definition) is 3. The summed E-state index contributed by atoms with van der Waals surface area (Å²) in [5.74, 6) is -0.614. The predicted octanol–water partition coefficient (Wildman–Crippen LogP) is 2.65. The fourth-order valence-corrected chi connectivity index (χ4v) is 2.48. The summed E-state index contributed by atoms with van der Waals surface area (Å²) >= 11 is 0. The van der Waals surface area contributed by atoms with Crippen LogP contribution in [0.5, 0.6) is 0 Å². The zero-order valence-corrected chi connectivity index (χ0v) is 15.0. The van der Waals surface area contributed by atoms with Crippen molar-refractivity contribution in [2.75, 3.05) is 18.1 Å². The van der Waals surface area contributed by atoms with Crippen molar-refractivity contribution >= 4 is 23.3 Å². The summed E-state index contributed by atoms with van der Waals surface area (Å²) in [5, 5.41) is 5.33. The van der Waals surface area contributed by atoms with Crippen LogP contribution in [0.15, 0.2) is 54.7 Å². The lowest BCUT2D eigenvalue weighted by Crippen LogP contribution is -2.21. The lowest BCUT2D eigenvalue weighted by Gasteiger charge is -2.09. The highest BCUT2D eigenvalue weighted by Crippen LogP contribution is 2.20. The summed E-state index contributed by atoms with van der Waals surface area (Å²) in [4.78, 5) is 32.7. The molecule has 0 aliphatic rings. The third kappa shape index (κ3) is 4.09. The molecule has 4 N–H and O–H groups in total. The summed E-state index contributed by atoms with van der Waals surface area (Å²) in [5.41, 5.74) is 9.17. The van der Waals surface area contributed by atoms with E-state index in [0.29, 0.717) is 22.5 Å². The molecule has 0 aliphatic heterocycles. The highest BCUT2D eigenvalue weighted by atomic mass is 16.2. The first-order valence-electron chi connectivity index (χ1n) is 8.31. The largest absolute Gasteiger partial charge is 0.382 e. The van der Waals surface area contributed by atoms with Gasteiger partial charge in [-0.3, -0.25) is 9.59 Å². The van der Waals surface area contributed by atoms with E-state index in [1.165, 1.54) is 13.2 Å². The third-order valence-corrected chi connectivity index (χ3v) is 3.97. The molecule has 0 spiro atoms. The van der Waals surface area contributed by atoms with E-state index in [1.54, 1.807) is 24.3 Å². The molecule has 0 unspecified atom stereocenters. The van der Waals surface area contributed by atoms with E-state index in [9.17, 15) is 9.59 Å². The minimum absolute atomic E-state index is 0.0458. The van der Waals surface area contributed by atoms with Gasteiger partial charge in [0.15, 0.2) is 11.5 Å². The summed E-state index contributed by atoms with van der Waals surface area (Å²) in [6.45, 7) is 1.98. The minimum atomic E-state index is -0.421. The highest BCUT2D eigenvalue weighted by Gasteiger charge is 2.14. The number of nitrogens with two attached hydrogens (primary N) is 1. The van der Waals surface area contributed by atoms with E-state index >= 15 is 0 Å². The van der Waals surface area contributed by atoms with Gasteiger partial charge >= 0.3 is 0 Å². The van der Waals surface area contributed by atoms with Crippen molar-refractivity contribution in [3.63, 3.8) is 0 Å². The molecule has 0 bridgehead atoms. The number of anilines is 2. The molecule has 1 aromatic heterocycles. The molecule has 7 nitrogen and oxygen atoms in total. The van der Waals surface area contributed by atoms with E-state index < -0.39 is 5.91 Å². The van der Waals surface area contributed by atoms with Crippen LogP contribution in [0.25, 0.3) is 11.3 Å². The molecule has 0 saturated heterocycles. The topological polar surface area (TPSA) is 110 Å². The van der Waals surface area contributed by atoms with Gasteiger partial charge in [-0.05, 0) is 31.2 Å². The number of nitrogens with zero attached hydrogens (tertiary/aromatic N) is 2. The average Bonchev–Trinajstić information content (AvgIpc) is 2.69. The molecule has 2 aromatic carbocycles. The number of aromatic nitrogens is 2. The fourth-order valence-electron chi connectivity index (χ4n) is 2.48. The fraction of sp³-hybridized carbons (Fsp3) is 0.100. The van der Waals surface area contributed by atoms with Gasteiger partial charge in [0, 0.05) is 23.9 Å². The van der Waals surface area contributed by atoms with Crippen molar-refractivity contribution in [3.8, 4) is 11.3 Å². The number of nitrogens with one attached hydrogen (secondary N) is 2. The van der Waals surface area contributed by atoms with E-state index in [-0.39, 0.29) is 17.4 Å². The molecule has 0 saturated carbocycles. The van der Waals surface area contributed by atoms with Crippen LogP contribution >= 0.6 is 0 Å². The Morgan fingerprint density at radius 3 is 2.48 bits per heavy atom. The number of amides is 2. The number of nitrogen functional groups attached to an aromatic ring is 1. The number of carbonyl (C=O) groups is 2. The molecule has 0 radical (unpaired) electrons. The number of rotatable bonds is 4. The van der Waals surface area contributed by atoms with Crippen LogP contribution in [0, 0.1) is 6.92 Å². The molecule has 27 heavy (non-hydrogen) atoms. The van der Waals surface area contributed by atoms with Crippen molar-refractivity contribution in [3.05, 3.63) is 71.5 Å². The van der Waals surface area contributed by atoms with Crippen molar-refractivity contribution in [2.24, 2.45) is 0 Å². The van der Waals surface area contributed by atoms with Crippen molar-refractivity contribution in [1.29, 1.82) is 0 Å². The molecule has 7 heteroatoms. The summed E-state index contributed by atoms with van der Waals surface area (Å²) in [6, 6.07) is 14.5. The van der Waals surface area contributed by atoms with E-state index in [1.807, 2.05) is 31.2 Å². The van der Waals surface area contributed by atoms with Gasteiger partial charge in [0.05, 0.1) is 11.9 Å². The Kier molecular flexibility index (Phi) is 5.12. The molecule has 0 aliphatic carbocycles. The molecule has 136 valence electrons. The maximum atomic E-state index is 12.5. The molecule has 3 rings (SSSR count). The van der Waals surface area contributed by atoms with Gasteiger partial charge in [-0.25, -0.2) is 9.97 Å². The Morgan fingerprint density at radius 2 is 1.78 bits per heavy atom. The molecule has 0 atom stereocenters. The maximum absolute atomic E-state index is 12.5. The third-order valence-electron chi connectivity index (χ3n) is 3.97. The normalized spacial score (nSPS) is 10.3. The Bertz CT molecular complexity index is 1000. The quantitative estimate of drug-likeness (QED) is 0.662. The molecule has 3 aromatic rings. The first kappa shape index (κ1) is 18.1. The second kappa shape index (κ2) is 7.65. The lowest BCUT2D eigenvalue weighted by atomic mass is 10.1. The molecule has 0 fully saturated rings. The zero-order valence-electron chi connectivity index (χ0n) is 15.0. The summed E-state index contributed by atoms with van der Waals surface area (Å²) in [6.07, 6.45) is 1.47. The lowest BCUT2D eigenvalue weighted by molar-refractivity contribution is 0.0958. The average molecular weight is 361 g/mol. The van der Waals surface area contributed by atoms with Crippen LogP contribution in [0.3, 0.4) is 0 Å². The SMILES string of the molecule is CNC(=O)c1nc(-c2cccc(C(=O)Nc3ccc(C)cc3)c2)cnc1N. The van der Waals surface area contributed by atoms with Crippen LogP contribution in [0.2, 0.25) is 0 Å². The van der Waals surface area contributed by atoms with Crippen LogP contribution in [0.1, 0.15) is 26.4 Å². The first-order valence-corrected chi connectivity index (χ1v) is 8.31. The minimum Gasteiger partial charge on any atom is -0.382 e. The van der Waals surface area contributed by atoms with E-state index in [4.69, 9.17) is 5.73 Å². The Labute approximate surface area is 156 Å². The van der Waals surface area contributed by atoms with Crippen molar-refractivity contribution in [1.82, 2.24) is 15.3 Å².